The van der Waals surface area contributed by atoms with Gasteiger partial charge in [-0.3, -0.25) is 4.79 Å². The lowest BCUT2D eigenvalue weighted by Crippen LogP contribution is -2.07. The number of Topliss-reactive ketones (excluding diaryl/α,β-unsaturated/α-hetero) is 1. The minimum Gasteiger partial charge on any atom is -0.465 e. The zero-order valence-electron chi connectivity index (χ0n) is 10.5. The van der Waals surface area contributed by atoms with Crippen molar-refractivity contribution in [2.24, 2.45) is 5.92 Å². The van der Waals surface area contributed by atoms with E-state index in [9.17, 15) is 9.59 Å². The first-order valence-corrected chi connectivity index (χ1v) is 5.72. The van der Waals surface area contributed by atoms with E-state index in [4.69, 9.17) is 0 Å². The molecule has 0 aliphatic carbocycles. The fourth-order valence-electron chi connectivity index (χ4n) is 1.63. The summed E-state index contributed by atoms with van der Waals surface area (Å²) in [7, 11) is 1.35. The highest BCUT2D eigenvalue weighted by Crippen LogP contribution is 2.09. The highest BCUT2D eigenvalue weighted by Gasteiger charge is 2.08. The van der Waals surface area contributed by atoms with E-state index in [1.165, 1.54) is 7.11 Å². The maximum atomic E-state index is 11.6. The van der Waals surface area contributed by atoms with Gasteiger partial charge in [-0.2, -0.15) is 0 Å². The molecular formula is C14H18O3. The number of carbonyl (C=O) groups is 2. The van der Waals surface area contributed by atoms with Crippen LogP contribution in [0.5, 0.6) is 0 Å². The summed E-state index contributed by atoms with van der Waals surface area (Å²) in [5.41, 5.74) is 1.44. The smallest absolute Gasteiger partial charge is 0.337 e. The molecule has 0 aliphatic heterocycles. The van der Waals surface area contributed by atoms with Gasteiger partial charge in [-0.25, -0.2) is 4.79 Å². The van der Waals surface area contributed by atoms with Crippen molar-refractivity contribution in [2.75, 3.05) is 7.11 Å². The van der Waals surface area contributed by atoms with Gasteiger partial charge in [0.1, 0.15) is 5.78 Å². The molecule has 0 radical (unpaired) electrons. The molecule has 0 amide bonds. The Morgan fingerprint density at radius 1 is 1.18 bits per heavy atom. The molecule has 3 heteroatoms. The van der Waals surface area contributed by atoms with Gasteiger partial charge in [0.25, 0.3) is 0 Å². The molecule has 0 fully saturated rings. The predicted molar refractivity (Wildman–Crippen MR) is 65.9 cm³/mol. The number of rotatable bonds is 5. The Bertz CT molecular complexity index is 390. The van der Waals surface area contributed by atoms with Gasteiger partial charge in [0.05, 0.1) is 12.7 Å². The van der Waals surface area contributed by atoms with Gasteiger partial charge in [0.2, 0.25) is 0 Å². The molecule has 0 heterocycles. The third-order valence-corrected chi connectivity index (χ3v) is 2.41. The zero-order chi connectivity index (χ0) is 12.8. The van der Waals surface area contributed by atoms with E-state index in [2.05, 4.69) is 4.74 Å². The van der Waals surface area contributed by atoms with Crippen LogP contribution in [0.4, 0.5) is 0 Å². The third kappa shape index (κ3) is 4.39. The van der Waals surface area contributed by atoms with Crippen LogP contribution < -0.4 is 0 Å². The first kappa shape index (κ1) is 13.4. The van der Waals surface area contributed by atoms with Gasteiger partial charge in [-0.05, 0) is 23.6 Å². The van der Waals surface area contributed by atoms with Crippen LogP contribution in [0.2, 0.25) is 0 Å². The number of ether oxygens (including phenoxy) is 1. The minimum absolute atomic E-state index is 0.228. The molecule has 0 bridgehead atoms. The van der Waals surface area contributed by atoms with Crippen molar-refractivity contribution in [1.29, 1.82) is 0 Å². The van der Waals surface area contributed by atoms with Crippen molar-refractivity contribution in [1.82, 2.24) is 0 Å². The summed E-state index contributed by atoms with van der Waals surface area (Å²) in [5.74, 6) is 0.257. The van der Waals surface area contributed by atoms with Crippen LogP contribution in [0.3, 0.4) is 0 Å². The molecule has 1 aromatic carbocycles. The van der Waals surface area contributed by atoms with Gasteiger partial charge in [-0.1, -0.05) is 26.0 Å². The molecule has 17 heavy (non-hydrogen) atoms. The summed E-state index contributed by atoms with van der Waals surface area (Å²) in [4.78, 5) is 22.8. The Hall–Kier alpha value is -1.64. The maximum absolute atomic E-state index is 11.6. The molecule has 0 aromatic heterocycles. The molecule has 0 unspecified atom stereocenters. The second-order valence-corrected chi connectivity index (χ2v) is 4.50. The van der Waals surface area contributed by atoms with Crippen molar-refractivity contribution in [3.63, 3.8) is 0 Å². The lowest BCUT2D eigenvalue weighted by molar-refractivity contribution is -0.119. The minimum atomic E-state index is -0.356. The standard InChI is InChI=1S/C14H18O3/c1-10(2)8-13(15)9-11-4-6-12(7-5-11)14(16)17-3/h4-7,10H,8-9H2,1-3H3. The summed E-state index contributed by atoms with van der Waals surface area (Å²) in [6.07, 6.45) is 1.03. The summed E-state index contributed by atoms with van der Waals surface area (Å²) < 4.78 is 4.60. The van der Waals surface area contributed by atoms with E-state index in [0.29, 0.717) is 24.3 Å². The molecular weight excluding hydrogens is 216 g/mol. The van der Waals surface area contributed by atoms with Crippen molar-refractivity contribution in [2.45, 2.75) is 26.7 Å². The molecule has 1 aromatic rings. The van der Waals surface area contributed by atoms with E-state index in [1.807, 2.05) is 13.8 Å². The van der Waals surface area contributed by atoms with Crippen molar-refractivity contribution >= 4 is 11.8 Å². The summed E-state index contributed by atoms with van der Waals surface area (Å²) in [5, 5.41) is 0. The van der Waals surface area contributed by atoms with Crippen LogP contribution in [-0.2, 0) is 16.0 Å². The predicted octanol–water partition coefficient (Wildman–Crippen LogP) is 2.63. The van der Waals surface area contributed by atoms with Crippen molar-refractivity contribution < 1.29 is 14.3 Å². The Morgan fingerprint density at radius 3 is 2.24 bits per heavy atom. The fourth-order valence-corrected chi connectivity index (χ4v) is 1.63. The highest BCUT2D eigenvalue weighted by molar-refractivity contribution is 5.89. The first-order valence-electron chi connectivity index (χ1n) is 5.72. The summed E-state index contributed by atoms with van der Waals surface area (Å²) in [6, 6.07) is 6.96. The second-order valence-electron chi connectivity index (χ2n) is 4.50. The van der Waals surface area contributed by atoms with E-state index < -0.39 is 0 Å². The largest absolute Gasteiger partial charge is 0.465 e. The monoisotopic (exact) mass is 234 g/mol. The molecule has 0 saturated heterocycles. The molecule has 92 valence electrons. The van der Waals surface area contributed by atoms with E-state index >= 15 is 0 Å². The number of hydrogen-bond acceptors (Lipinski definition) is 3. The molecule has 0 N–H and O–H groups in total. The average Bonchev–Trinajstić information content (AvgIpc) is 2.28. The van der Waals surface area contributed by atoms with Crippen LogP contribution in [-0.4, -0.2) is 18.9 Å². The van der Waals surface area contributed by atoms with Crippen LogP contribution >= 0.6 is 0 Å². The second kappa shape index (κ2) is 6.18. The normalized spacial score (nSPS) is 10.4. The molecule has 0 saturated carbocycles. The highest BCUT2D eigenvalue weighted by atomic mass is 16.5. The number of benzene rings is 1. The quantitative estimate of drug-likeness (QED) is 0.735. The SMILES string of the molecule is COC(=O)c1ccc(CC(=O)CC(C)C)cc1. The molecule has 0 atom stereocenters. The van der Waals surface area contributed by atoms with Crippen LogP contribution in [0.15, 0.2) is 24.3 Å². The first-order chi connectivity index (χ1) is 8.02. The Labute approximate surface area is 102 Å². The van der Waals surface area contributed by atoms with Crippen molar-refractivity contribution in [3.05, 3.63) is 35.4 Å². The van der Waals surface area contributed by atoms with E-state index in [-0.39, 0.29) is 11.8 Å². The number of ketones is 1. The topological polar surface area (TPSA) is 43.4 Å². The Morgan fingerprint density at radius 2 is 1.76 bits per heavy atom. The van der Waals surface area contributed by atoms with E-state index in [1.54, 1.807) is 24.3 Å². The molecule has 0 aliphatic rings. The number of carbonyl (C=O) groups excluding carboxylic acids is 2. The maximum Gasteiger partial charge on any atom is 0.337 e. The van der Waals surface area contributed by atoms with Gasteiger partial charge in [-0.15, -0.1) is 0 Å². The Balaban J connectivity index is 2.62. The average molecular weight is 234 g/mol. The van der Waals surface area contributed by atoms with Gasteiger partial charge < -0.3 is 4.74 Å². The number of hydrogen-bond donors (Lipinski definition) is 0. The molecule has 1 rings (SSSR count). The van der Waals surface area contributed by atoms with Crippen molar-refractivity contribution in [3.8, 4) is 0 Å². The fraction of sp³-hybridized carbons (Fsp3) is 0.429. The third-order valence-electron chi connectivity index (χ3n) is 2.41. The molecule has 3 nitrogen and oxygen atoms in total. The van der Waals surface area contributed by atoms with Gasteiger partial charge in [0.15, 0.2) is 0 Å². The zero-order valence-corrected chi connectivity index (χ0v) is 10.5. The van der Waals surface area contributed by atoms with E-state index in [0.717, 1.165) is 5.56 Å². The Kier molecular flexibility index (Phi) is 4.88. The van der Waals surface area contributed by atoms with Crippen LogP contribution in [0.1, 0.15) is 36.2 Å². The van der Waals surface area contributed by atoms with Gasteiger partial charge in [0, 0.05) is 12.8 Å². The molecule has 0 spiro atoms. The van der Waals surface area contributed by atoms with Gasteiger partial charge >= 0.3 is 5.97 Å². The summed E-state index contributed by atoms with van der Waals surface area (Å²) >= 11 is 0. The summed E-state index contributed by atoms with van der Waals surface area (Å²) in [6.45, 7) is 4.05. The number of esters is 1. The number of methoxy groups -OCH3 is 1. The lowest BCUT2D eigenvalue weighted by Gasteiger charge is -2.05. The van der Waals surface area contributed by atoms with Crippen LogP contribution in [0.25, 0.3) is 0 Å². The van der Waals surface area contributed by atoms with Crippen LogP contribution in [0, 0.1) is 5.92 Å². The lowest BCUT2D eigenvalue weighted by atomic mass is 10.0.